The molecular formula is C8H16N6O3S. The Bertz CT molecular complexity index is 492. The van der Waals surface area contributed by atoms with Crippen molar-refractivity contribution in [3.63, 3.8) is 0 Å². The minimum atomic E-state index is -3.20. The molecule has 0 atom stereocenters. The first-order valence-corrected chi connectivity index (χ1v) is 7.12. The predicted molar refractivity (Wildman–Crippen MR) is 66.7 cm³/mol. The number of rotatable bonds is 7. The molecule has 18 heavy (non-hydrogen) atoms. The molecule has 0 bridgehead atoms. The molecule has 0 aliphatic rings. The summed E-state index contributed by atoms with van der Waals surface area (Å²) in [6, 6.07) is 0.128. The zero-order valence-corrected chi connectivity index (χ0v) is 11.0. The number of anilines is 2. The van der Waals surface area contributed by atoms with E-state index in [1.165, 1.54) is 0 Å². The maximum Gasteiger partial charge on any atom is 0.323 e. The van der Waals surface area contributed by atoms with E-state index in [-0.39, 0.29) is 24.5 Å². The zero-order valence-electron chi connectivity index (χ0n) is 10.2. The Balaban J connectivity index is 2.51. The second-order valence-corrected chi connectivity index (χ2v) is 5.16. The van der Waals surface area contributed by atoms with Gasteiger partial charge < -0.3 is 15.8 Å². The Morgan fingerprint density at radius 1 is 1.28 bits per heavy atom. The summed E-state index contributed by atoms with van der Waals surface area (Å²) in [6.45, 7) is 2.75. The second-order valence-electron chi connectivity index (χ2n) is 3.33. The topological polar surface area (TPSA) is 132 Å². The second kappa shape index (κ2) is 6.31. The third kappa shape index (κ3) is 5.59. The van der Waals surface area contributed by atoms with E-state index >= 15 is 0 Å². The summed E-state index contributed by atoms with van der Waals surface area (Å²) >= 11 is 0. The van der Waals surface area contributed by atoms with Gasteiger partial charge in [-0.25, -0.2) is 13.1 Å². The van der Waals surface area contributed by atoms with Crippen molar-refractivity contribution in [2.75, 3.05) is 37.0 Å². The molecule has 9 nitrogen and oxygen atoms in total. The molecular weight excluding hydrogens is 260 g/mol. The van der Waals surface area contributed by atoms with Crippen LogP contribution in [-0.2, 0) is 10.0 Å². The molecule has 0 fully saturated rings. The van der Waals surface area contributed by atoms with Crippen molar-refractivity contribution in [1.82, 2.24) is 19.7 Å². The van der Waals surface area contributed by atoms with Crippen molar-refractivity contribution in [3.8, 4) is 6.01 Å². The maximum atomic E-state index is 10.8. The number of hydrogen-bond donors (Lipinski definition) is 3. The zero-order chi connectivity index (χ0) is 13.6. The first kappa shape index (κ1) is 14.4. The molecule has 0 radical (unpaired) electrons. The smallest absolute Gasteiger partial charge is 0.323 e. The van der Waals surface area contributed by atoms with Gasteiger partial charge >= 0.3 is 6.01 Å². The summed E-state index contributed by atoms with van der Waals surface area (Å²) in [5, 5.41) is 2.81. The molecule has 0 aromatic carbocycles. The fourth-order valence-corrected chi connectivity index (χ4v) is 1.53. The number of hydrogen-bond acceptors (Lipinski definition) is 8. The number of aromatic nitrogens is 3. The number of nitrogens with zero attached hydrogens (tertiary/aromatic N) is 3. The summed E-state index contributed by atoms with van der Waals surface area (Å²) in [5.74, 6) is 0.272. The first-order valence-electron chi connectivity index (χ1n) is 5.23. The molecule has 0 saturated heterocycles. The molecule has 0 aliphatic heterocycles. The molecule has 1 aromatic heterocycles. The van der Waals surface area contributed by atoms with Crippen LogP contribution in [0.1, 0.15) is 6.92 Å². The van der Waals surface area contributed by atoms with Crippen LogP contribution >= 0.6 is 0 Å². The summed E-state index contributed by atoms with van der Waals surface area (Å²) < 4.78 is 29.0. The minimum absolute atomic E-state index is 0.0343. The molecule has 0 saturated carbocycles. The number of nitrogens with one attached hydrogen (secondary N) is 2. The van der Waals surface area contributed by atoms with Gasteiger partial charge in [-0.15, -0.1) is 0 Å². The van der Waals surface area contributed by atoms with Crippen LogP contribution in [0.25, 0.3) is 0 Å². The third-order valence-corrected chi connectivity index (χ3v) is 2.41. The van der Waals surface area contributed by atoms with E-state index in [0.717, 1.165) is 6.26 Å². The molecule has 0 aliphatic carbocycles. The van der Waals surface area contributed by atoms with Crippen molar-refractivity contribution in [2.24, 2.45) is 0 Å². The summed E-state index contributed by atoms with van der Waals surface area (Å²) in [5.41, 5.74) is 5.47. The van der Waals surface area contributed by atoms with Crippen LogP contribution in [0.4, 0.5) is 11.9 Å². The van der Waals surface area contributed by atoms with Crippen LogP contribution in [0.3, 0.4) is 0 Å². The average molecular weight is 276 g/mol. The van der Waals surface area contributed by atoms with Crippen LogP contribution in [0.2, 0.25) is 0 Å². The standard InChI is InChI=1S/C8H16N6O3S/c1-3-17-8-13-6(9)12-7(14-8)10-4-5-11-18(2,15)16/h11H,3-5H2,1-2H3,(H3,9,10,12,13,14). The first-order chi connectivity index (χ1) is 8.40. The highest BCUT2D eigenvalue weighted by molar-refractivity contribution is 7.88. The molecule has 102 valence electrons. The van der Waals surface area contributed by atoms with Crippen molar-refractivity contribution in [2.45, 2.75) is 6.92 Å². The van der Waals surface area contributed by atoms with Gasteiger partial charge in [0.15, 0.2) is 0 Å². The van der Waals surface area contributed by atoms with Crippen molar-refractivity contribution < 1.29 is 13.2 Å². The van der Waals surface area contributed by atoms with Gasteiger partial charge in [0, 0.05) is 13.1 Å². The van der Waals surface area contributed by atoms with Gasteiger partial charge in [0.25, 0.3) is 0 Å². The number of sulfonamides is 1. The van der Waals surface area contributed by atoms with E-state index < -0.39 is 10.0 Å². The normalized spacial score (nSPS) is 11.2. The van der Waals surface area contributed by atoms with E-state index in [4.69, 9.17) is 10.5 Å². The van der Waals surface area contributed by atoms with Crippen LogP contribution < -0.4 is 20.5 Å². The predicted octanol–water partition coefficient (Wildman–Crippen LogP) is -1.19. The highest BCUT2D eigenvalue weighted by Gasteiger charge is 2.05. The number of nitrogen functional groups attached to an aromatic ring is 1. The Morgan fingerprint density at radius 3 is 2.61 bits per heavy atom. The molecule has 0 spiro atoms. The van der Waals surface area contributed by atoms with Crippen molar-refractivity contribution in [1.29, 1.82) is 0 Å². The molecule has 10 heteroatoms. The lowest BCUT2D eigenvalue weighted by molar-refractivity contribution is 0.312. The fourth-order valence-electron chi connectivity index (χ4n) is 1.06. The lowest BCUT2D eigenvalue weighted by atomic mass is 10.6. The lowest BCUT2D eigenvalue weighted by Crippen LogP contribution is -2.28. The molecule has 0 amide bonds. The molecule has 1 heterocycles. The van der Waals surface area contributed by atoms with Gasteiger partial charge in [0.2, 0.25) is 21.9 Å². The molecule has 1 aromatic rings. The van der Waals surface area contributed by atoms with Crippen LogP contribution in [0.5, 0.6) is 6.01 Å². The summed E-state index contributed by atoms with van der Waals surface area (Å²) in [6.07, 6.45) is 1.08. The van der Waals surface area contributed by atoms with Gasteiger partial charge in [-0.1, -0.05) is 0 Å². The van der Waals surface area contributed by atoms with Gasteiger partial charge in [0.05, 0.1) is 12.9 Å². The van der Waals surface area contributed by atoms with Gasteiger partial charge in [-0.2, -0.15) is 15.0 Å². The summed E-state index contributed by atoms with van der Waals surface area (Å²) in [7, 11) is -3.20. The number of ether oxygens (including phenoxy) is 1. The Kier molecular flexibility index (Phi) is 5.04. The largest absolute Gasteiger partial charge is 0.464 e. The monoisotopic (exact) mass is 276 g/mol. The van der Waals surface area contributed by atoms with E-state index in [2.05, 4.69) is 25.0 Å². The summed E-state index contributed by atoms with van der Waals surface area (Å²) in [4.78, 5) is 11.6. The SMILES string of the molecule is CCOc1nc(N)nc(NCCNS(C)(=O)=O)n1. The molecule has 4 N–H and O–H groups in total. The Labute approximate surface area is 105 Å². The van der Waals surface area contributed by atoms with Crippen LogP contribution in [-0.4, -0.2) is 49.3 Å². The average Bonchev–Trinajstić information content (AvgIpc) is 2.23. The van der Waals surface area contributed by atoms with E-state index in [1.807, 2.05) is 0 Å². The van der Waals surface area contributed by atoms with Gasteiger partial charge in [-0.3, -0.25) is 0 Å². The highest BCUT2D eigenvalue weighted by atomic mass is 32.2. The van der Waals surface area contributed by atoms with E-state index in [1.54, 1.807) is 6.92 Å². The molecule has 0 unspecified atom stereocenters. The quantitative estimate of drug-likeness (QED) is 0.530. The van der Waals surface area contributed by atoms with Crippen LogP contribution in [0.15, 0.2) is 0 Å². The fraction of sp³-hybridized carbons (Fsp3) is 0.625. The maximum absolute atomic E-state index is 10.8. The molecule has 1 rings (SSSR count). The lowest BCUT2D eigenvalue weighted by Gasteiger charge is -2.07. The highest BCUT2D eigenvalue weighted by Crippen LogP contribution is 2.08. The van der Waals surface area contributed by atoms with E-state index in [9.17, 15) is 8.42 Å². The van der Waals surface area contributed by atoms with Gasteiger partial charge in [0.1, 0.15) is 0 Å². The van der Waals surface area contributed by atoms with Crippen molar-refractivity contribution >= 4 is 21.9 Å². The van der Waals surface area contributed by atoms with E-state index in [0.29, 0.717) is 13.2 Å². The van der Waals surface area contributed by atoms with Gasteiger partial charge in [-0.05, 0) is 6.92 Å². The third-order valence-electron chi connectivity index (χ3n) is 1.68. The Hall–Kier alpha value is -1.68. The number of nitrogens with two attached hydrogens (primary N) is 1. The Morgan fingerprint density at radius 2 is 2.00 bits per heavy atom. The minimum Gasteiger partial charge on any atom is -0.464 e. The van der Waals surface area contributed by atoms with Crippen LogP contribution in [0, 0.1) is 0 Å². The van der Waals surface area contributed by atoms with Crippen molar-refractivity contribution in [3.05, 3.63) is 0 Å².